The number of hydrogen-bond acceptors (Lipinski definition) is 7. The number of aliphatic hydroxyl groups is 3. The second-order valence-corrected chi connectivity index (χ2v) is 9.51. The molecule has 0 aromatic carbocycles. The van der Waals surface area contributed by atoms with Gasteiger partial charge in [-0.1, -0.05) is 19.8 Å². The summed E-state index contributed by atoms with van der Waals surface area (Å²) in [5, 5.41) is 37.4. The number of amides is 1. The maximum Gasteiger partial charge on any atom is 0.237 e. The molecule has 0 spiro atoms. The van der Waals surface area contributed by atoms with Crippen molar-refractivity contribution >= 4 is 17.7 Å². The van der Waals surface area contributed by atoms with Crippen LogP contribution in [0.25, 0.3) is 0 Å². The molecule has 1 saturated carbocycles. The minimum Gasteiger partial charge on any atom is -0.388 e. The topological polar surface area (TPSA) is 111 Å². The average molecular weight is 417 g/mol. The average Bonchev–Trinajstić information content (AvgIpc) is 3.53. The standard InChI is InChI=1S/C20H36N2O5S/c1-3-4-11-5-8-13(21-10-9-11)19(26)22-14(12-6-7-12)18-16(24)15(23)17(25)20(27-18)28-2/h11-18,20-21,23-25H,3-10H2,1-2H3,(H,22,26)/t11?,13?,14?,15-,16+,17+,18+,20+/m0/s1. The highest BCUT2D eigenvalue weighted by atomic mass is 32.2. The zero-order valence-electron chi connectivity index (χ0n) is 16.9. The zero-order chi connectivity index (χ0) is 20.3. The molecule has 0 aromatic heterocycles. The lowest BCUT2D eigenvalue weighted by atomic mass is 9.91. The first kappa shape index (κ1) is 22.3. The summed E-state index contributed by atoms with van der Waals surface area (Å²) in [6.07, 6.45) is 4.73. The first-order valence-corrected chi connectivity index (χ1v) is 12.0. The molecule has 5 N–H and O–H groups in total. The molecule has 0 radical (unpaired) electrons. The summed E-state index contributed by atoms with van der Waals surface area (Å²) in [6.45, 7) is 3.05. The van der Waals surface area contributed by atoms with E-state index in [4.69, 9.17) is 4.74 Å². The molecular weight excluding hydrogens is 380 g/mol. The van der Waals surface area contributed by atoms with Crippen molar-refractivity contribution in [1.82, 2.24) is 10.6 Å². The van der Waals surface area contributed by atoms with E-state index >= 15 is 0 Å². The molecule has 2 aliphatic heterocycles. The van der Waals surface area contributed by atoms with E-state index in [0.29, 0.717) is 5.92 Å². The SMILES string of the molecule is CCCC1CCNC(C(=O)NC(C2CC2)[C@H]2O[C@H](SC)[C@H](O)[C@@H](O)[C@H]2O)CC1. The first-order valence-electron chi connectivity index (χ1n) is 10.7. The normalized spacial score (nSPS) is 40.5. The Morgan fingerprint density at radius 2 is 1.89 bits per heavy atom. The molecule has 162 valence electrons. The molecule has 2 saturated heterocycles. The molecule has 28 heavy (non-hydrogen) atoms. The van der Waals surface area contributed by atoms with Gasteiger partial charge in [-0.2, -0.15) is 0 Å². The second-order valence-electron chi connectivity index (χ2n) is 8.58. The van der Waals surface area contributed by atoms with E-state index in [1.54, 1.807) is 6.26 Å². The molecule has 3 unspecified atom stereocenters. The number of hydrogen-bond donors (Lipinski definition) is 5. The van der Waals surface area contributed by atoms with Gasteiger partial charge in [-0.05, 0) is 56.7 Å². The Labute approximate surface area is 172 Å². The van der Waals surface area contributed by atoms with E-state index < -0.39 is 29.9 Å². The Kier molecular flexibility index (Phi) is 8.04. The molecule has 0 bridgehead atoms. The van der Waals surface area contributed by atoms with Crippen molar-refractivity contribution in [2.45, 2.75) is 93.8 Å². The number of nitrogens with one attached hydrogen (secondary N) is 2. The highest BCUT2D eigenvalue weighted by Crippen LogP contribution is 2.39. The summed E-state index contributed by atoms with van der Waals surface area (Å²) in [6, 6.07) is -0.577. The van der Waals surface area contributed by atoms with Gasteiger partial charge in [0.15, 0.2) is 0 Å². The van der Waals surface area contributed by atoms with Crippen LogP contribution in [0.4, 0.5) is 0 Å². The smallest absolute Gasteiger partial charge is 0.237 e. The van der Waals surface area contributed by atoms with Gasteiger partial charge in [-0.25, -0.2) is 0 Å². The minimum absolute atomic E-state index is 0.0499. The number of ether oxygens (including phenoxy) is 1. The number of thioether (sulfide) groups is 1. The van der Waals surface area contributed by atoms with Gasteiger partial charge in [0.1, 0.15) is 29.9 Å². The van der Waals surface area contributed by atoms with Crippen molar-refractivity contribution in [3.8, 4) is 0 Å². The lowest BCUT2D eigenvalue weighted by Gasteiger charge is -2.43. The highest BCUT2D eigenvalue weighted by molar-refractivity contribution is 7.99. The molecule has 8 heteroatoms. The van der Waals surface area contributed by atoms with Crippen LogP contribution >= 0.6 is 11.8 Å². The quantitative estimate of drug-likeness (QED) is 0.413. The summed E-state index contributed by atoms with van der Waals surface area (Å²) in [5.74, 6) is 0.871. The van der Waals surface area contributed by atoms with Crippen molar-refractivity contribution in [2.24, 2.45) is 11.8 Å². The Balaban J connectivity index is 1.63. The molecule has 3 aliphatic rings. The molecule has 0 aromatic rings. The van der Waals surface area contributed by atoms with Crippen molar-refractivity contribution in [3.63, 3.8) is 0 Å². The molecule has 2 heterocycles. The lowest BCUT2D eigenvalue weighted by molar-refractivity contribution is -0.206. The van der Waals surface area contributed by atoms with E-state index in [1.807, 2.05) is 0 Å². The monoisotopic (exact) mass is 416 g/mol. The van der Waals surface area contributed by atoms with Crippen LogP contribution in [0.3, 0.4) is 0 Å². The molecule has 3 rings (SSSR count). The van der Waals surface area contributed by atoms with Crippen molar-refractivity contribution in [3.05, 3.63) is 0 Å². The fraction of sp³-hybridized carbons (Fsp3) is 0.950. The summed E-state index contributed by atoms with van der Waals surface area (Å²) in [4.78, 5) is 13.0. The van der Waals surface area contributed by atoms with Crippen LogP contribution in [0, 0.1) is 11.8 Å². The van der Waals surface area contributed by atoms with Gasteiger partial charge in [0.05, 0.1) is 12.1 Å². The van der Waals surface area contributed by atoms with Gasteiger partial charge >= 0.3 is 0 Å². The number of carbonyl (C=O) groups excluding carboxylic acids is 1. The third-order valence-electron chi connectivity index (χ3n) is 6.45. The minimum atomic E-state index is -1.28. The Morgan fingerprint density at radius 3 is 2.54 bits per heavy atom. The van der Waals surface area contributed by atoms with Gasteiger partial charge in [0.2, 0.25) is 5.91 Å². The molecule has 8 atom stereocenters. The predicted octanol–water partition coefficient (Wildman–Crippen LogP) is 0.610. The molecule has 7 nitrogen and oxygen atoms in total. The first-order chi connectivity index (χ1) is 13.5. The van der Waals surface area contributed by atoms with E-state index in [-0.39, 0.29) is 23.9 Å². The Hall–Kier alpha value is -0.380. The van der Waals surface area contributed by atoms with Gasteiger partial charge < -0.3 is 30.7 Å². The van der Waals surface area contributed by atoms with Crippen LogP contribution < -0.4 is 10.6 Å². The van der Waals surface area contributed by atoms with Gasteiger partial charge in [-0.3, -0.25) is 4.79 Å². The summed E-state index contributed by atoms with van der Waals surface area (Å²) in [7, 11) is 0. The maximum atomic E-state index is 13.0. The maximum absolute atomic E-state index is 13.0. The summed E-state index contributed by atoms with van der Waals surface area (Å²) < 4.78 is 5.92. The van der Waals surface area contributed by atoms with Crippen LogP contribution in [0.5, 0.6) is 0 Å². The van der Waals surface area contributed by atoms with E-state index in [1.165, 1.54) is 24.6 Å². The van der Waals surface area contributed by atoms with Gasteiger partial charge in [0, 0.05) is 0 Å². The Bertz CT molecular complexity index is 519. The van der Waals surface area contributed by atoms with E-state index in [2.05, 4.69) is 17.6 Å². The number of carbonyl (C=O) groups is 1. The van der Waals surface area contributed by atoms with Crippen LogP contribution in [-0.2, 0) is 9.53 Å². The zero-order valence-corrected chi connectivity index (χ0v) is 17.7. The lowest BCUT2D eigenvalue weighted by Crippen LogP contribution is -2.64. The molecule has 3 fully saturated rings. The third kappa shape index (κ3) is 5.21. The summed E-state index contributed by atoms with van der Waals surface area (Å²) in [5.41, 5.74) is -0.618. The molecular formula is C20H36N2O5S. The van der Waals surface area contributed by atoms with Crippen LogP contribution in [0.1, 0.15) is 51.9 Å². The second kappa shape index (κ2) is 10.1. The molecule has 1 amide bonds. The Morgan fingerprint density at radius 1 is 1.14 bits per heavy atom. The largest absolute Gasteiger partial charge is 0.388 e. The fourth-order valence-electron chi connectivity index (χ4n) is 4.58. The fourth-order valence-corrected chi connectivity index (χ4v) is 5.26. The molecule has 1 aliphatic carbocycles. The predicted molar refractivity (Wildman–Crippen MR) is 109 cm³/mol. The number of rotatable bonds is 7. The van der Waals surface area contributed by atoms with Crippen molar-refractivity contribution in [2.75, 3.05) is 12.8 Å². The highest BCUT2D eigenvalue weighted by Gasteiger charge is 2.50. The van der Waals surface area contributed by atoms with E-state index in [0.717, 1.165) is 38.6 Å². The van der Waals surface area contributed by atoms with Crippen molar-refractivity contribution in [1.29, 1.82) is 0 Å². The van der Waals surface area contributed by atoms with Crippen LogP contribution in [0.15, 0.2) is 0 Å². The van der Waals surface area contributed by atoms with E-state index in [9.17, 15) is 20.1 Å². The van der Waals surface area contributed by atoms with Crippen LogP contribution in [0.2, 0.25) is 0 Å². The summed E-state index contributed by atoms with van der Waals surface area (Å²) >= 11 is 1.30. The van der Waals surface area contributed by atoms with Crippen molar-refractivity contribution < 1.29 is 24.9 Å². The van der Waals surface area contributed by atoms with Gasteiger partial charge in [0.25, 0.3) is 0 Å². The van der Waals surface area contributed by atoms with Crippen LogP contribution in [-0.4, -0.2) is 76.0 Å². The third-order valence-corrected chi connectivity index (χ3v) is 7.31. The number of aliphatic hydroxyl groups excluding tert-OH is 3. The van der Waals surface area contributed by atoms with Gasteiger partial charge in [-0.15, -0.1) is 11.8 Å².